The number of ether oxygens (including phenoxy) is 3. The zero-order valence-electron chi connectivity index (χ0n) is 15.1. The third kappa shape index (κ3) is 7.00. The van der Waals surface area contributed by atoms with Gasteiger partial charge in [0.25, 0.3) is 0 Å². The second kappa shape index (κ2) is 9.56. The normalized spacial score (nSPS) is 37.0. The highest BCUT2D eigenvalue weighted by Gasteiger charge is 2.49. The standard InChI is InChI=1S/C12H19NO16S2/c13-6-7(15)9(5(26-11(6)18)2-25-30(19,20)21)28-12-8(29-31(22,23)24)3(14)1-4(27-12)10(16)17/h1,3,5-9,11-12,14-15,18H,2,13H2,(H,16,17)(H,19,20,21)(H,22,23,24)/t3-,5+,6+,7+,8+,9+,11-,12?/m0/s1. The van der Waals surface area contributed by atoms with Gasteiger partial charge in [-0.05, 0) is 6.08 Å². The molecule has 19 heteroatoms. The third-order valence-corrected chi connectivity index (χ3v) is 4.93. The van der Waals surface area contributed by atoms with Gasteiger partial charge in [0.1, 0.15) is 24.4 Å². The van der Waals surface area contributed by atoms with Crippen LogP contribution in [0.25, 0.3) is 0 Å². The van der Waals surface area contributed by atoms with E-state index in [1.807, 2.05) is 0 Å². The third-order valence-electron chi connectivity index (χ3n) is 4.03. The predicted molar refractivity (Wildman–Crippen MR) is 90.3 cm³/mol. The molecule has 2 aliphatic heterocycles. The SMILES string of the molecule is N[C@@H]1[C@@H](O)[C@H](OC2OC(C(=O)O)=C[C@H](O)[C@H]2OS(=O)(=O)O)[C@@H](COS(=O)(=O)O)O[C@@H]1O. The zero-order chi connectivity index (χ0) is 23.7. The minimum absolute atomic E-state index is 0.528. The zero-order valence-corrected chi connectivity index (χ0v) is 16.7. The van der Waals surface area contributed by atoms with Crippen molar-refractivity contribution >= 4 is 26.8 Å². The minimum atomic E-state index is -5.24. The van der Waals surface area contributed by atoms with Crippen molar-refractivity contribution < 1.29 is 73.7 Å². The fourth-order valence-electron chi connectivity index (χ4n) is 2.68. The van der Waals surface area contributed by atoms with Gasteiger partial charge >= 0.3 is 26.8 Å². The van der Waals surface area contributed by atoms with Gasteiger partial charge in [-0.15, -0.1) is 0 Å². The second-order valence-corrected chi connectivity index (χ2v) is 8.39. The minimum Gasteiger partial charge on any atom is -0.475 e. The smallest absolute Gasteiger partial charge is 0.397 e. The Morgan fingerprint density at radius 2 is 1.71 bits per heavy atom. The molecular formula is C12H19NO16S2. The Bertz CT molecular complexity index is 902. The molecule has 2 aliphatic rings. The van der Waals surface area contributed by atoms with Crippen LogP contribution < -0.4 is 5.73 Å². The molecule has 0 amide bonds. The van der Waals surface area contributed by atoms with Crippen LogP contribution in [0.5, 0.6) is 0 Å². The van der Waals surface area contributed by atoms with Crippen LogP contribution in [0.1, 0.15) is 0 Å². The van der Waals surface area contributed by atoms with Crippen LogP contribution in [0.2, 0.25) is 0 Å². The van der Waals surface area contributed by atoms with Crippen LogP contribution in [-0.4, -0.2) is 108 Å². The lowest BCUT2D eigenvalue weighted by Gasteiger charge is -2.43. The number of carboxylic acid groups (broad SMARTS) is 1. The van der Waals surface area contributed by atoms with Crippen LogP contribution in [0.4, 0.5) is 0 Å². The lowest BCUT2D eigenvalue weighted by atomic mass is 9.97. The molecule has 1 unspecified atom stereocenters. The summed E-state index contributed by atoms with van der Waals surface area (Å²) in [5.41, 5.74) is 5.52. The molecule has 2 heterocycles. The number of nitrogens with two attached hydrogens (primary N) is 1. The molecule has 8 N–H and O–H groups in total. The van der Waals surface area contributed by atoms with Crippen molar-refractivity contribution in [1.29, 1.82) is 0 Å². The molecule has 17 nitrogen and oxygen atoms in total. The molecule has 180 valence electrons. The summed E-state index contributed by atoms with van der Waals surface area (Å²) in [6, 6.07) is -1.57. The summed E-state index contributed by atoms with van der Waals surface area (Å²) in [6.07, 6.45) is -13.1. The topological polar surface area (TPSA) is 279 Å². The molecule has 8 atom stereocenters. The predicted octanol–water partition coefficient (Wildman–Crippen LogP) is -4.53. The van der Waals surface area contributed by atoms with E-state index >= 15 is 0 Å². The Balaban J connectivity index is 2.34. The van der Waals surface area contributed by atoms with Gasteiger partial charge in [0.15, 0.2) is 12.4 Å². The maximum atomic E-state index is 11.2. The molecule has 0 aromatic carbocycles. The highest BCUT2D eigenvalue weighted by molar-refractivity contribution is 7.81. The fraction of sp³-hybridized carbons (Fsp3) is 0.750. The summed E-state index contributed by atoms with van der Waals surface area (Å²) in [6.45, 7) is -1.06. The van der Waals surface area contributed by atoms with E-state index in [0.717, 1.165) is 0 Å². The highest BCUT2D eigenvalue weighted by Crippen LogP contribution is 2.29. The monoisotopic (exact) mass is 497 g/mol. The molecule has 0 spiro atoms. The molecule has 1 fully saturated rings. The largest absolute Gasteiger partial charge is 0.475 e. The van der Waals surface area contributed by atoms with E-state index in [4.69, 9.17) is 34.2 Å². The molecule has 0 aromatic rings. The quantitative estimate of drug-likeness (QED) is 0.155. The van der Waals surface area contributed by atoms with E-state index in [9.17, 15) is 36.9 Å². The number of carboxylic acids is 1. The Morgan fingerprint density at radius 3 is 2.23 bits per heavy atom. The van der Waals surface area contributed by atoms with Crippen molar-refractivity contribution in [3.63, 3.8) is 0 Å². The number of hydrogen-bond donors (Lipinski definition) is 7. The van der Waals surface area contributed by atoms with Gasteiger partial charge in [-0.3, -0.25) is 9.11 Å². The molecule has 0 aromatic heterocycles. The van der Waals surface area contributed by atoms with Crippen LogP contribution in [0, 0.1) is 0 Å². The van der Waals surface area contributed by atoms with Crippen molar-refractivity contribution in [2.75, 3.05) is 6.61 Å². The average Bonchev–Trinajstić information content (AvgIpc) is 2.61. The maximum Gasteiger partial charge on any atom is 0.397 e. The van der Waals surface area contributed by atoms with E-state index in [1.54, 1.807) is 0 Å². The average molecular weight is 497 g/mol. The van der Waals surface area contributed by atoms with Gasteiger partial charge in [-0.2, -0.15) is 16.8 Å². The van der Waals surface area contributed by atoms with Crippen molar-refractivity contribution in [2.24, 2.45) is 5.73 Å². The van der Waals surface area contributed by atoms with Crippen molar-refractivity contribution in [2.45, 2.75) is 49.1 Å². The Kier molecular flexibility index (Phi) is 7.95. The van der Waals surface area contributed by atoms with Crippen molar-refractivity contribution in [3.05, 3.63) is 11.8 Å². The lowest BCUT2D eigenvalue weighted by Crippen LogP contribution is -2.64. The number of aliphatic hydroxyl groups is 3. The molecular weight excluding hydrogens is 478 g/mol. The summed E-state index contributed by atoms with van der Waals surface area (Å²) < 4.78 is 84.7. The fourth-order valence-corrected chi connectivity index (χ4v) is 3.47. The first kappa shape index (κ1) is 25.8. The second-order valence-electron chi connectivity index (χ2n) is 6.25. The first-order valence-corrected chi connectivity index (χ1v) is 10.8. The molecule has 2 rings (SSSR count). The number of rotatable bonds is 8. The van der Waals surface area contributed by atoms with Crippen LogP contribution in [-0.2, 0) is 48.2 Å². The van der Waals surface area contributed by atoms with Crippen molar-refractivity contribution in [1.82, 2.24) is 0 Å². The first-order chi connectivity index (χ1) is 14.1. The lowest BCUT2D eigenvalue weighted by molar-refractivity contribution is -0.301. The van der Waals surface area contributed by atoms with E-state index in [0.29, 0.717) is 6.08 Å². The van der Waals surface area contributed by atoms with Crippen LogP contribution in [0.3, 0.4) is 0 Å². The van der Waals surface area contributed by atoms with Crippen LogP contribution in [0.15, 0.2) is 11.8 Å². The van der Waals surface area contributed by atoms with E-state index in [-0.39, 0.29) is 0 Å². The summed E-state index contributed by atoms with van der Waals surface area (Å²) in [4.78, 5) is 11.2. The van der Waals surface area contributed by atoms with Crippen molar-refractivity contribution in [3.8, 4) is 0 Å². The molecule has 0 aliphatic carbocycles. The maximum absolute atomic E-state index is 11.2. The molecule has 31 heavy (non-hydrogen) atoms. The van der Waals surface area contributed by atoms with Gasteiger partial charge in [0.2, 0.25) is 12.0 Å². The van der Waals surface area contributed by atoms with Gasteiger partial charge in [0, 0.05) is 0 Å². The first-order valence-electron chi connectivity index (χ1n) is 8.09. The summed E-state index contributed by atoms with van der Waals surface area (Å²) in [7, 11) is -10.3. The van der Waals surface area contributed by atoms with Crippen LogP contribution >= 0.6 is 0 Å². The van der Waals surface area contributed by atoms with E-state index in [2.05, 4.69) is 8.37 Å². The molecule has 0 saturated carbocycles. The highest BCUT2D eigenvalue weighted by atomic mass is 32.3. The van der Waals surface area contributed by atoms with Gasteiger partial charge in [0.05, 0.1) is 12.6 Å². The molecule has 0 radical (unpaired) electrons. The Hall–Kier alpha value is -1.49. The number of aliphatic carboxylic acids is 1. The van der Waals surface area contributed by atoms with Gasteiger partial charge in [-0.1, -0.05) is 0 Å². The Labute approximate surface area is 174 Å². The summed E-state index contributed by atoms with van der Waals surface area (Å²) in [5, 5.41) is 39.0. The molecule has 1 saturated heterocycles. The summed E-state index contributed by atoms with van der Waals surface area (Å²) in [5.74, 6) is -2.66. The Morgan fingerprint density at radius 1 is 1.10 bits per heavy atom. The number of aliphatic hydroxyl groups excluding tert-OH is 3. The molecule has 0 bridgehead atoms. The number of hydrogen-bond acceptors (Lipinski definition) is 14. The van der Waals surface area contributed by atoms with Gasteiger partial charge in [-0.25, -0.2) is 13.2 Å². The van der Waals surface area contributed by atoms with E-state index in [1.165, 1.54) is 0 Å². The summed E-state index contributed by atoms with van der Waals surface area (Å²) >= 11 is 0. The van der Waals surface area contributed by atoms with E-state index < -0.39 is 88.3 Å². The number of carbonyl (C=O) groups is 1. The van der Waals surface area contributed by atoms with Gasteiger partial charge < -0.3 is 40.4 Å².